The fourth-order valence-corrected chi connectivity index (χ4v) is 2.33. The first kappa shape index (κ1) is 11.6. The molecule has 2 unspecified atom stereocenters. The Balaban J connectivity index is 1.89. The first-order chi connectivity index (χ1) is 7.77. The zero-order chi connectivity index (χ0) is 11.4. The molecule has 0 bridgehead atoms. The molecular weight excluding hydrogens is 224 g/mol. The molecule has 88 valence electrons. The maximum absolute atomic E-state index is 6.08. The quantitative estimate of drug-likeness (QED) is 0.849. The van der Waals surface area contributed by atoms with Gasteiger partial charge >= 0.3 is 0 Å². The lowest BCUT2D eigenvalue weighted by Gasteiger charge is -2.28. The highest BCUT2D eigenvalue weighted by molar-refractivity contribution is 6.32. The summed E-state index contributed by atoms with van der Waals surface area (Å²) in [5.74, 6) is 1.23. The topological polar surface area (TPSA) is 63.8 Å². The summed E-state index contributed by atoms with van der Waals surface area (Å²) in [5, 5.41) is 3.81. The molecule has 0 saturated heterocycles. The number of hydrogen-bond acceptors (Lipinski definition) is 4. The van der Waals surface area contributed by atoms with Crippen molar-refractivity contribution in [3.8, 4) is 0 Å². The summed E-state index contributed by atoms with van der Waals surface area (Å²) in [7, 11) is 0. The molecule has 1 aliphatic carbocycles. The average molecular weight is 241 g/mol. The van der Waals surface area contributed by atoms with E-state index in [9.17, 15) is 0 Å². The summed E-state index contributed by atoms with van der Waals surface area (Å²) in [6.45, 7) is 0.845. The second-order valence-electron chi connectivity index (χ2n) is 4.31. The highest BCUT2D eigenvalue weighted by Crippen LogP contribution is 2.24. The van der Waals surface area contributed by atoms with Crippen LogP contribution in [0.15, 0.2) is 12.5 Å². The normalized spacial score (nSPS) is 25.4. The van der Waals surface area contributed by atoms with Gasteiger partial charge in [0.05, 0.1) is 6.20 Å². The molecule has 1 saturated carbocycles. The third-order valence-electron chi connectivity index (χ3n) is 3.17. The van der Waals surface area contributed by atoms with Gasteiger partial charge in [0, 0.05) is 12.6 Å². The molecule has 0 aromatic carbocycles. The predicted octanol–water partition coefficient (Wildman–Crippen LogP) is 2.06. The van der Waals surface area contributed by atoms with E-state index in [1.165, 1.54) is 25.6 Å². The van der Waals surface area contributed by atoms with Gasteiger partial charge in [-0.2, -0.15) is 0 Å². The predicted molar refractivity (Wildman–Crippen MR) is 65.5 cm³/mol. The summed E-state index contributed by atoms with van der Waals surface area (Å²) < 4.78 is 0. The van der Waals surface area contributed by atoms with E-state index in [0.717, 1.165) is 13.0 Å². The van der Waals surface area contributed by atoms with Crippen LogP contribution in [0, 0.1) is 5.92 Å². The van der Waals surface area contributed by atoms with Gasteiger partial charge in [-0.05, 0) is 18.8 Å². The van der Waals surface area contributed by atoms with Crippen molar-refractivity contribution in [3.63, 3.8) is 0 Å². The number of nitrogens with one attached hydrogen (secondary N) is 1. The summed E-state index contributed by atoms with van der Waals surface area (Å²) in [6.07, 6.45) is 7.94. The molecule has 1 aromatic rings. The van der Waals surface area contributed by atoms with Crippen LogP contribution in [-0.2, 0) is 0 Å². The Morgan fingerprint density at radius 3 is 3.00 bits per heavy atom. The molecule has 0 amide bonds. The van der Waals surface area contributed by atoms with Crippen molar-refractivity contribution < 1.29 is 0 Å². The molecular formula is C11H17ClN4. The average Bonchev–Trinajstić information content (AvgIpc) is 2.30. The van der Waals surface area contributed by atoms with Gasteiger partial charge in [-0.15, -0.1) is 0 Å². The Kier molecular flexibility index (Phi) is 3.96. The van der Waals surface area contributed by atoms with E-state index in [4.69, 9.17) is 17.3 Å². The standard InChI is InChI=1S/C11H17ClN4/c12-9-6-14-7-16-11(9)15-5-8-3-1-2-4-10(8)13/h6-8,10H,1-5,13H2,(H,14,15,16). The van der Waals surface area contributed by atoms with Gasteiger partial charge in [-0.1, -0.05) is 24.4 Å². The van der Waals surface area contributed by atoms with Gasteiger partial charge in [0.15, 0.2) is 0 Å². The molecule has 3 N–H and O–H groups in total. The van der Waals surface area contributed by atoms with E-state index in [1.54, 1.807) is 6.20 Å². The number of anilines is 1. The van der Waals surface area contributed by atoms with Crippen LogP contribution in [0.25, 0.3) is 0 Å². The van der Waals surface area contributed by atoms with Gasteiger partial charge in [0.25, 0.3) is 0 Å². The van der Waals surface area contributed by atoms with E-state index < -0.39 is 0 Å². The molecule has 2 rings (SSSR count). The Bertz CT molecular complexity index is 345. The first-order valence-electron chi connectivity index (χ1n) is 5.72. The van der Waals surface area contributed by atoms with Gasteiger partial charge in [0.2, 0.25) is 0 Å². The summed E-state index contributed by atoms with van der Waals surface area (Å²) in [6, 6.07) is 0.307. The number of aromatic nitrogens is 2. The van der Waals surface area contributed by atoms with E-state index in [0.29, 0.717) is 22.8 Å². The van der Waals surface area contributed by atoms with Crippen LogP contribution in [0.2, 0.25) is 5.02 Å². The fourth-order valence-electron chi connectivity index (χ4n) is 2.16. The zero-order valence-corrected chi connectivity index (χ0v) is 9.95. The van der Waals surface area contributed by atoms with Crippen molar-refractivity contribution in [3.05, 3.63) is 17.5 Å². The number of halogens is 1. The lowest BCUT2D eigenvalue weighted by molar-refractivity contribution is 0.321. The van der Waals surface area contributed by atoms with Crippen LogP contribution >= 0.6 is 11.6 Å². The van der Waals surface area contributed by atoms with Crippen LogP contribution in [0.1, 0.15) is 25.7 Å². The molecule has 1 heterocycles. The maximum Gasteiger partial charge on any atom is 0.148 e. The molecule has 0 radical (unpaired) electrons. The summed E-state index contributed by atoms with van der Waals surface area (Å²) in [5.41, 5.74) is 6.08. The minimum absolute atomic E-state index is 0.307. The van der Waals surface area contributed by atoms with Crippen molar-refractivity contribution in [2.75, 3.05) is 11.9 Å². The fraction of sp³-hybridized carbons (Fsp3) is 0.636. The first-order valence-corrected chi connectivity index (χ1v) is 6.10. The van der Waals surface area contributed by atoms with Crippen LogP contribution in [0.4, 0.5) is 5.82 Å². The van der Waals surface area contributed by atoms with Crippen LogP contribution in [0.3, 0.4) is 0 Å². The summed E-state index contributed by atoms with van der Waals surface area (Å²) in [4.78, 5) is 7.94. The number of nitrogens with two attached hydrogens (primary N) is 1. The number of rotatable bonds is 3. The van der Waals surface area contributed by atoms with Gasteiger partial charge in [-0.25, -0.2) is 9.97 Å². The molecule has 1 aromatic heterocycles. The van der Waals surface area contributed by atoms with E-state index in [1.807, 2.05) is 0 Å². The van der Waals surface area contributed by atoms with Gasteiger partial charge < -0.3 is 11.1 Å². The van der Waals surface area contributed by atoms with Crippen LogP contribution < -0.4 is 11.1 Å². The largest absolute Gasteiger partial charge is 0.368 e. The molecule has 0 spiro atoms. The Morgan fingerprint density at radius 1 is 1.44 bits per heavy atom. The second kappa shape index (κ2) is 5.46. The smallest absolute Gasteiger partial charge is 0.148 e. The molecule has 16 heavy (non-hydrogen) atoms. The molecule has 0 aliphatic heterocycles. The lowest BCUT2D eigenvalue weighted by atomic mass is 9.85. The lowest BCUT2D eigenvalue weighted by Crippen LogP contribution is -2.37. The summed E-state index contributed by atoms with van der Waals surface area (Å²) >= 11 is 5.96. The van der Waals surface area contributed by atoms with Crippen molar-refractivity contribution in [2.24, 2.45) is 11.7 Å². The monoisotopic (exact) mass is 240 g/mol. The zero-order valence-electron chi connectivity index (χ0n) is 9.19. The highest BCUT2D eigenvalue weighted by Gasteiger charge is 2.21. The van der Waals surface area contributed by atoms with E-state index in [-0.39, 0.29) is 0 Å². The third kappa shape index (κ3) is 2.83. The van der Waals surface area contributed by atoms with Crippen LogP contribution in [0.5, 0.6) is 0 Å². The Labute approximate surface area is 101 Å². The van der Waals surface area contributed by atoms with E-state index in [2.05, 4.69) is 15.3 Å². The van der Waals surface area contributed by atoms with Gasteiger partial charge in [-0.3, -0.25) is 0 Å². The molecule has 1 aliphatic rings. The Morgan fingerprint density at radius 2 is 2.25 bits per heavy atom. The second-order valence-corrected chi connectivity index (χ2v) is 4.72. The number of hydrogen-bond donors (Lipinski definition) is 2. The molecule has 1 fully saturated rings. The van der Waals surface area contributed by atoms with Crippen molar-refractivity contribution in [1.29, 1.82) is 0 Å². The number of nitrogens with zero attached hydrogens (tertiary/aromatic N) is 2. The van der Waals surface area contributed by atoms with Crippen molar-refractivity contribution in [1.82, 2.24) is 9.97 Å². The maximum atomic E-state index is 6.08. The Hall–Kier alpha value is -0.870. The minimum Gasteiger partial charge on any atom is -0.368 e. The highest BCUT2D eigenvalue weighted by atomic mass is 35.5. The SMILES string of the molecule is NC1CCCCC1CNc1ncncc1Cl. The third-order valence-corrected chi connectivity index (χ3v) is 3.44. The van der Waals surface area contributed by atoms with Crippen molar-refractivity contribution in [2.45, 2.75) is 31.7 Å². The van der Waals surface area contributed by atoms with Gasteiger partial charge in [0.1, 0.15) is 17.2 Å². The molecule has 5 heteroatoms. The molecule has 2 atom stereocenters. The van der Waals surface area contributed by atoms with Crippen LogP contribution in [-0.4, -0.2) is 22.6 Å². The van der Waals surface area contributed by atoms with E-state index >= 15 is 0 Å². The molecule has 4 nitrogen and oxygen atoms in total. The van der Waals surface area contributed by atoms with Crippen molar-refractivity contribution >= 4 is 17.4 Å². The minimum atomic E-state index is 0.307.